The minimum absolute atomic E-state index is 0.0927. The normalized spacial score (nSPS) is 14.8. The molecule has 1 aromatic heterocycles. The van der Waals surface area contributed by atoms with Crippen LogP contribution in [0.1, 0.15) is 44.6 Å². The molecule has 0 aliphatic heterocycles. The van der Waals surface area contributed by atoms with Gasteiger partial charge in [-0.15, -0.1) is 6.58 Å². The molecule has 0 aromatic carbocycles. The van der Waals surface area contributed by atoms with Crippen LogP contribution in [-0.2, 0) is 11.0 Å². The van der Waals surface area contributed by atoms with Crippen molar-refractivity contribution in [3.8, 4) is 0 Å². The van der Waals surface area contributed by atoms with Gasteiger partial charge in [-0.3, -0.25) is 5.14 Å². The molecule has 2 N–H and O–H groups in total. The van der Waals surface area contributed by atoms with E-state index >= 15 is 0 Å². The Morgan fingerprint density at radius 3 is 2.81 bits per heavy atom. The van der Waals surface area contributed by atoms with Crippen LogP contribution < -0.4 is 5.14 Å². The largest absolute Gasteiger partial charge is 0.251 e. The molecule has 0 saturated carbocycles. The smallest absolute Gasteiger partial charge is 0.227 e. The molecule has 0 aliphatic rings. The van der Waals surface area contributed by atoms with Gasteiger partial charge in [0.15, 0.2) is 0 Å². The molecule has 1 heterocycles. The van der Waals surface area contributed by atoms with Crippen molar-refractivity contribution in [2.24, 2.45) is 5.14 Å². The summed E-state index contributed by atoms with van der Waals surface area (Å²) < 4.78 is 25.0. The van der Waals surface area contributed by atoms with E-state index in [0.29, 0.717) is 23.4 Å². The first-order valence-corrected chi connectivity index (χ1v) is 8.85. The quantitative estimate of drug-likeness (QED) is 0.545. The summed E-state index contributed by atoms with van der Waals surface area (Å²) in [6.07, 6.45) is 5.06. The van der Waals surface area contributed by atoms with E-state index in [2.05, 4.69) is 27.5 Å². The lowest BCUT2D eigenvalue weighted by atomic mass is 9.86. The zero-order chi connectivity index (χ0) is 16.2. The lowest BCUT2D eigenvalue weighted by molar-refractivity contribution is 0.489. The average molecular weight is 398 g/mol. The van der Waals surface area contributed by atoms with Crippen LogP contribution in [0.2, 0.25) is 5.02 Å². The maximum absolute atomic E-state index is 13.7. The van der Waals surface area contributed by atoms with E-state index in [0.717, 1.165) is 6.42 Å². The molecule has 0 amide bonds. The van der Waals surface area contributed by atoms with Crippen LogP contribution in [0.15, 0.2) is 23.3 Å². The molecule has 7 heteroatoms. The highest BCUT2D eigenvalue weighted by atomic mass is 79.9. The monoisotopic (exact) mass is 396 g/mol. The van der Waals surface area contributed by atoms with Crippen LogP contribution in [0.25, 0.3) is 0 Å². The van der Waals surface area contributed by atoms with Crippen molar-refractivity contribution >= 4 is 38.5 Å². The number of pyridine rings is 1. The second-order valence-corrected chi connectivity index (χ2v) is 8.35. The Bertz CT molecular complexity index is 554. The van der Waals surface area contributed by atoms with Crippen LogP contribution >= 0.6 is 27.5 Å². The van der Waals surface area contributed by atoms with Crippen molar-refractivity contribution in [1.82, 2.24) is 4.98 Å². The van der Waals surface area contributed by atoms with Crippen molar-refractivity contribution in [3.63, 3.8) is 0 Å². The van der Waals surface area contributed by atoms with Gasteiger partial charge in [-0.2, -0.15) is 4.39 Å². The summed E-state index contributed by atoms with van der Waals surface area (Å²) in [5, 5.41) is 5.94. The first-order valence-electron chi connectivity index (χ1n) is 6.47. The Morgan fingerprint density at radius 1 is 1.67 bits per heavy atom. The first kappa shape index (κ1) is 18.7. The van der Waals surface area contributed by atoms with E-state index in [1.54, 1.807) is 6.08 Å². The number of allylic oxidation sites excluding steroid dienone is 1. The van der Waals surface area contributed by atoms with Crippen LogP contribution in [0.3, 0.4) is 0 Å². The summed E-state index contributed by atoms with van der Waals surface area (Å²) in [4.78, 5) is 3.58. The third-order valence-corrected chi connectivity index (χ3v) is 5.69. The molecular weight excluding hydrogens is 379 g/mol. The predicted octanol–water partition coefficient (Wildman–Crippen LogP) is 4.48. The fourth-order valence-corrected chi connectivity index (χ4v) is 3.59. The van der Waals surface area contributed by atoms with E-state index in [1.165, 1.54) is 6.20 Å². The van der Waals surface area contributed by atoms with Crippen molar-refractivity contribution < 1.29 is 8.60 Å². The van der Waals surface area contributed by atoms with Crippen LogP contribution in [-0.4, -0.2) is 13.9 Å². The molecule has 3 nitrogen and oxygen atoms in total. The van der Waals surface area contributed by atoms with Gasteiger partial charge in [-0.1, -0.05) is 17.7 Å². The van der Waals surface area contributed by atoms with Gasteiger partial charge in [0, 0.05) is 6.20 Å². The molecule has 118 valence electrons. The third kappa shape index (κ3) is 4.84. The second-order valence-electron chi connectivity index (χ2n) is 5.45. The van der Waals surface area contributed by atoms with Gasteiger partial charge in [0.25, 0.3) is 0 Å². The van der Waals surface area contributed by atoms with E-state index in [-0.39, 0.29) is 10.4 Å². The topological polar surface area (TPSA) is 56.0 Å². The highest BCUT2D eigenvalue weighted by Gasteiger charge is 2.31. The van der Waals surface area contributed by atoms with Crippen molar-refractivity contribution in [2.75, 3.05) is 0 Å². The molecule has 0 radical (unpaired) electrons. The zero-order valence-corrected chi connectivity index (χ0v) is 15.2. The fraction of sp³-hybridized carbons (Fsp3) is 0.500. The Hall–Kier alpha value is -0.300. The molecule has 21 heavy (non-hydrogen) atoms. The number of halogens is 3. The first-order chi connectivity index (χ1) is 9.70. The Labute approximate surface area is 140 Å². The van der Waals surface area contributed by atoms with Crippen LogP contribution in [0, 0.1) is 5.95 Å². The number of rotatable bonds is 7. The Kier molecular flexibility index (Phi) is 6.97. The lowest BCUT2D eigenvalue weighted by Crippen LogP contribution is -2.34. The molecule has 0 saturated heterocycles. The van der Waals surface area contributed by atoms with Gasteiger partial charge in [0.05, 0.1) is 25.2 Å². The van der Waals surface area contributed by atoms with Crippen LogP contribution in [0.4, 0.5) is 4.39 Å². The molecule has 0 aliphatic carbocycles. The van der Waals surface area contributed by atoms with Crippen LogP contribution in [0.5, 0.6) is 0 Å². The van der Waals surface area contributed by atoms with Gasteiger partial charge >= 0.3 is 0 Å². The number of nitrogens with two attached hydrogens (primary N) is 1. The molecule has 0 bridgehead atoms. The molecule has 2 atom stereocenters. The highest BCUT2D eigenvalue weighted by Crippen LogP contribution is 2.40. The van der Waals surface area contributed by atoms with E-state index in [9.17, 15) is 8.60 Å². The van der Waals surface area contributed by atoms with Gasteiger partial charge in [0.2, 0.25) is 5.95 Å². The van der Waals surface area contributed by atoms with Crippen molar-refractivity contribution in [3.05, 3.63) is 39.9 Å². The van der Waals surface area contributed by atoms with Gasteiger partial charge in [0.1, 0.15) is 0 Å². The summed E-state index contributed by atoms with van der Waals surface area (Å²) in [5.41, 5.74) is 0.643. The van der Waals surface area contributed by atoms with Crippen molar-refractivity contribution in [1.29, 1.82) is 0 Å². The molecule has 0 spiro atoms. The number of hydrogen-bond acceptors (Lipinski definition) is 2. The van der Waals surface area contributed by atoms with Crippen molar-refractivity contribution in [2.45, 2.75) is 43.8 Å². The Balaban J connectivity index is 3.23. The second kappa shape index (κ2) is 7.81. The van der Waals surface area contributed by atoms with Gasteiger partial charge in [-0.05, 0) is 60.5 Å². The van der Waals surface area contributed by atoms with E-state index < -0.39 is 21.7 Å². The standard InChI is InChI=1S/C14H19BrClFN2OS/c1-4-5-6-9(7-14(2,3)21(18)20)11-10(16)8-19-13(17)12(11)15/h4,8-9H,1,5-7,18H2,2-3H3/t9-,21?/m1/s1. The summed E-state index contributed by atoms with van der Waals surface area (Å²) in [7, 11) is -1.49. The summed E-state index contributed by atoms with van der Waals surface area (Å²) in [5.74, 6) is -0.699. The SMILES string of the molecule is C=CCC[C@H](CC(C)(C)S(N)=O)c1c(Cl)cnc(F)c1Br. The molecule has 0 fully saturated rings. The van der Waals surface area contributed by atoms with E-state index in [1.807, 2.05) is 13.8 Å². The summed E-state index contributed by atoms with van der Waals surface area (Å²) >= 11 is 9.40. The maximum Gasteiger partial charge on any atom is 0.227 e. The third-order valence-electron chi connectivity index (χ3n) is 3.38. The number of nitrogens with zero attached hydrogens (tertiary/aromatic N) is 1. The average Bonchev–Trinajstić information content (AvgIpc) is 2.40. The van der Waals surface area contributed by atoms with Gasteiger partial charge in [-0.25, -0.2) is 9.19 Å². The molecular formula is C14H19BrClFN2OS. The molecule has 1 aromatic rings. The summed E-state index contributed by atoms with van der Waals surface area (Å²) in [6.45, 7) is 7.35. The fourth-order valence-electron chi connectivity index (χ4n) is 2.17. The minimum atomic E-state index is -1.49. The Morgan fingerprint density at radius 2 is 2.29 bits per heavy atom. The maximum atomic E-state index is 13.7. The van der Waals surface area contributed by atoms with Gasteiger partial charge < -0.3 is 0 Å². The predicted molar refractivity (Wildman–Crippen MR) is 90.1 cm³/mol. The lowest BCUT2D eigenvalue weighted by Gasteiger charge is -2.28. The summed E-state index contributed by atoms with van der Waals surface area (Å²) in [6, 6.07) is 0. The highest BCUT2D eigenvalue weighted by molar-refractivity contribution is 9.10. The number of aromatic nitrogens is 1. The zero-order valence-electron chi connectivity index (χ0n) is 12.0. The van der Waals surface area contributed by atoms with E-state index in [4.69, 9.17) is 16.7 Å². The minimum Gasteiger partial charge on any atom is -0.251 e. The molecule has 1 unspecified atom stereocenters. The number of hydrogen-bond donors (Lipinski definition) is 1. The molecule has 1 rings (SSSR count).